The van der Waals surface area contributed by atoms with Crippen LogP contribution in [-0.2, 0) is 10.2 Å². The van der Waals surface area contributed by atoms with Gasteiger partial charge in [-0.2, -0.15) is 5.10 Å². The van der Waals surface area contributed by atoms with Gasteiger partial charge in [0.15, 0.2) is 5.75 Å². The van der Waals surface area contributed by atoms with Crippen LogP contribution in [0.15, 0.2) is 79.1 Å². The lowest BCUT2D eigenvalue weighted by molar-refractivity contribution is -0.142. The number of carboxylic acids is 1. The van der Waals surface area contributed by atoms with Crippen LogP contribution in [0.3, 0.4) is 0 Å². The third kappa shape index (κ3) is 4.93. The molecule has 0 atom stereocenters. The second-order valence-electron chi connectivity index (χ2n) is 8.90. The number of pyridine rings is 1. The van der Waals surface area contributed by atoms with Gasteiger partial charge in [-0.05, 0) is 51.5 Å². The Labute approximate surface area is 199 Å². The van der Waals surface area contributed by atoms with Crippen LogP contribution in [0.1, 0.15) is 39.3 Å². The van der Waals surface area contributed by atoms with Gasteiger partial charge in [-0.3, -0.25) is 9.48 Å². The molecule has 2 heterocycles. The van der Waals surface area contributed by atoms with Crippen LogP contribution >= 0.6 is 0 Å². The summed E-state index contributed by atoms with van der Waals surface area (Å²) in [6, 6.07) is 21.0. The van der Waals surface area contributed by atoms with Gasteiger partial charge in [0, 0.05) is 29.6 Å². The molecular formula is C27H28N4O3. The first kappa shape index (κ1) is 23.0. The first-order chi connectivity index (χ1) is 16.2. The zero-order valence-electron chi connectivity index (χ0n) is 19.7. The first-order valence-electron chi connectivity index (χ1n) is 11.1. The summed E-state index contributed by atoms with van der Waals surface area (Å²) in [4.78, 5) is 16.0. The van der Waals surface area contributed by atoms with Crippen LogP contribution in [0.4, 0.5) is 11.5 Å². The summed E-state index contributed by atoms with van der Waals surface area (Å²) in [6.07, 6.45) is 3.57. The molecule has 0 unspecified atom stereocenters. The standard InChI is InChI=1S/C27H28N4O3/c1-18(2)31-17-23(25(30-31)19-9-6-5-7-10-19)34-22-13-14-28-24(16-22)29-21-12-8-11-20(15-21)27(3,4)26(32)33/h5-18H,1-4H3,(H,28,29)(H,32,33). The Kier molecular flexibility index (Phi) is 6.36. The highest BCUT2D eigenvalue weighted by atomic mass is 16.5. The molecule has 34 heavy (non-hydrogen) atoms. The number of carboxylic acid groups (broad SMARTS) is 1. The summed E-state index contributed by atoms with van der Waals surface area (Å²) in [7, 11) is 0. The molecule has 0 aliphatic heterocycles. The van der Waals surface area contributed by atoms with Gasteiger partial charge in [-0.1, -0.05) is 42.5 Å². The third-order valence-electron chi connectivity index (χ3n) is 5.63. The smallest absolute Gasteiger partial charge is 0.313 e. The van der Waals surface area contributed by atoms with Crippen molar-refractivity contribution in [3.63, 3.8) is 0 Å². The number of carbonyl (C=O) groups is 1. The number of benzene rings is 2. The normalized spacial score (nSPS) is 11.4. The lowest BCUT2D eigenvalue weighted by Crippen LogP contribution is -2.28. The molecule has 0 saturated carbocycles. The van der Waals surface area contributed by atoms with Crippen LogP contribution < -0.4 is 10.1 Å². The van der Waals surface area contributed by atoms with E-state index in [1.165, 1.54) is 0 Å². The number of aliphatic carboxylic acids is 1. The molecule has 0 radical (unpaired) electrons. The van der Waals surface area contributed by atoms with Crippen molar-refractivity contribution >= 4 is 17.5 Å². The third-order valence-corrected chi connectivity index (χ3v) is 5.63. The SMILES string of the molecule is CC(C)n1cc(Oc2ccnc(Nc3cccc(C(C)(C)C(=O)O)c3)c2)c(-c2ccccc2)n1. The van der Waals surface area contributed by atoms with Gasteiger partial charge >= 0.3 is 5.97 Å². The molecule has 0 amide bonds. The first-order valence-corrected chi connectivity index (χ1v) is 11.1. The molecule has 0 fully saturated rings. The van der Waals surface area contributed by atoms with Gasteiger partial charge in [0.2, 0.25) is 0 Å². The van der Waals surface area contributed by atoms with E-state index in [2.05, 4.69) is 24.1 Å². The van der Waals surface area contributed by atoms with Crippen molar-refractivity contribution in [2.24, 2.45) is 0 Å². The monoisotopic (exact) mass is 456 g/mol. The summed E-state index contributed by atoms with van der Waals surface area (Å²) in [5.74, 6) is 0.969. The molecule has 0 aliphatic rings. The Morgan fingerprint density at radius 1 is 1.06 bits per heavy atom. The van der Waals surface area contributed by atoms with Crippen molar-refractivity contribution in [2.75, 3.05) is 5.32 Å². The number of ether oxygens (including phenoxy) is 1. The zero-order valence-corrected chi connectivity index (χ0v) is 19.7. The highest BCUT2D eigenvalue weighted by molar-refractivity contribution is 5.81. The van der Waals surface area contributed by atoms with E-state index in [9.17, 15) is 9.90 Å². The average Bonchev–Trinajstić information content (AvgIpc) is 3.24. The van der Waals surface area contributed by atoms with E-state index in [0.717, 1.165) is 16.9 Å². The predicted molar refractivity (Wildman–Crippen MR) is 133 cm³/mol. The maximum atomic E-state index is 11.6. The van der Waals surface area contributed by atoms with E-state index < -0.39 is 11.4 Å². The van der Waals surface area contributed by atoms with Crippen LogP contribution in [0, 0.1) is 0 Å². The fourth-order valence-electron chi connectivity index (χ4n) is 3.44. The molecule has 0 saturated heterocycles. The second-order valence-corrected chi connectivity index (χ2v) is 8.90. The molecule has 174 valence electrons. The largest absolute Gasteiger partial charge is 0.481 e. The predicted octanol–water partition coefficient (Wildman–Crippen LogP) is 6.42. The lowest BCUT2D eigenvalue weighted by atomic mass is 9.84. The Bertz CT molecular complexity index is 1300. The molecule has 2 N–H and O–H groups in total. The number of anilines is 2. The van der Waals surface area contributed by atoms with Crippen LogP contribution in [0.25, 0.3) is 11.3 Å². The number of hydrogen-bond acceptors (Lipinski definition) is 5. The maximum Gasteiger partial charge on any atom is 0.313 e. The Hall–Kier alpha value is -4.13. The van der Waals surface area contributed by atoms with Crippen molar-refractivity contribution in [3.05, 3.63) is 84.7 Å². The maximum absolute atomic E-state index is 11.6. The van der Waals surface area contributed by atoms with E-state index in [-0.39, 0.29) is 6.04 Å². The van der Waals surface area contributed by atoms with Crippen LogP contribution in [-0.4, -0.2) is 25.8 Å². The van der Waals surface area contributed by atoms with Crippen molar-refractivity contribution < 1.29 is 14.6 Å². The molecule has 4 aromatic rings. The fourth-order valence-corrected chi connectivity index (χ4v) is 3.44. The minimum atomic E-state index is -1.000. The Morgan fingerprint density at radius 3 is 2.53 bits per heavy atom. The highest BCUT2D eigenvalue weighted by Crippen LogP contribution is 2.34. The molecule has 7 heteroatoms. The summed E-state index contributed by atoms with van der Waals surface area (Å²) in [6.45, 7) is 7.51. The van der Waals surface area contributed by atoms with Gasteiger partial charge in [0.1, 0.15) is 17.3 Å². The van der Waals surface area contributed by atoms with E-state index >= 15 is 0 Å². The molecule has 0 bridgehead atoms. The minimum Gasteiger partial charge on any atom is -0.481 e. The van der Waals surface area contributed by atoms with E-state index in [1.54, 1.807) is 32.2 Å². The average molecular weight is 457 g/mol. The molecule has 7 nitrogen and oxygen atoms in total. The van der Waals surface area contributed by atoms with E-state index in [1.807, 2.05) is 65.5 Å². The number of rotatable bonds is 8. The number of aromatic nitrogens is 3. The second kappa shape index (κ2) is 9.39. The molecular weight excluding hydrogens is 428 g/mol. The van der Waals surface area contributed by atoms with Gasteiger partial charge in [0.25, 0.3) is 0 Å². The minimum absolute atomic E-state index is 0.191. The van der Waals surface area contributed by atoms with Gasteiger partial charge in [-0.25, -0.2) is 4.98 Å². The van der Waals surface area contributed by atoms with Crippen molar-refractivity contribution in [2.45, 2.75) is 39.2 Å². The van der Waals surface area contributed by atoms with Crippen LogP contribution in [0.2, 0.25) is 0 Å². The number of hydrogen-bond donors (Lipinski definition) is 2. The zero-order chi connectivity index (χ0) is 24.3. The van der Waals surface area contributed by atoms with Gasteiger partial charge in [0.05, 0.1) is 11.6 Å². The van der Waals surface area contributed by atoms with Crippen molar-refractivity contribution in [1.82, 2.24) is 14.8 Å². The fraction of sp³-hybridized carbons (Fsp3) is 0.222. The highest BCUT2D eigenvalue weighted by Gasteiger charge is 2.29. The van der Waals surface area contributed by atoms with E-state index in [4.69, 9.17) is 9.84 Å². The molecule has 4 rings (SSSR count). The Morgan fingerprint density at radius 2 is 1.82 bits per heavy atom. The number of nitrogens with zero attached hydrogens (tertiary/aromatic N) is 3. The molecule has 0 spiro atoms. The van der Waals surface area contributed by atoms with Crippen LogP contribution in [0.5, 0.6) is 11.5 Å². The molecule has 2 aromatic heterocycles. The van der Waals surface area contributed by atoms with Gasteiger partial charge in [-0.15, -0.1) is 0 Å². The summed E-state index contributed by atoms with van der Waals surface area (Å²) in [5, 5.41) is 17.5. The lowest BCUT2D eigenvalue weighted by Gasteiger charge is -2.20. The summed E-state index contributed by atoms with van der Waals surface area (Å²) < 4.78 is 8.12. The topological polar surface area (TPSA) is 89.3 Å². The molecule has 2 aromatic carbocycles. The van der Waals surface area contributed by atoms with Gasteiger partial charge < -0.3 is 15.2 Å². The quantitative estimate of drug-likeness (QED) is 0.318. The number of nitrogens with one attached hydrogen (secondary N) is 1. The summed E-state index contributed by atoms with van der Waals surface area (Å²) in [5.41, 5.74) is 2.19. The van der Waals surface area contributed by atoms with Crippen molar-refractivity contribution in [3.8, 4) is 22.8 Å². The molecule has 0 aliphatic carbocycles. The van der Waals surface area contributed by atoms with E-state index in [0.29, 0.717) is 22.9 Å². The Balaban J connectivity index is 1.60. The summed E-state index contributed by atoms with van der Waals surface area (Å²) >= 11 is 0. The van der Waals surface area contributed by atoms with Crippen molar-refractivity contribution in [1.29, 1.82) is 0 Å².